The Morgan fingerprint density at radius 2 is 1.72 bits per heavy atom. The fourth-order valence-electron chi connectivity index (χ4n) is 3.98. The molecule has 0 spiro atoms. The van der Waals surface area contributed by atoms with Crippen molar-refractivity contribution >= 4 is 17.2 Å². The summed E-state index contributed by atoms with van der Waals surface area (Å²) in [5.74, 6) is 3.08. The number of hydrogen-bond acceptors (Lipinski definition) is 4. The van der Waals surface area contributed by atoms with Gasteiger partial charge >= 0.3 is 0 Å². The summed E-state index contributed by atoms with van der Waals surface area (Å²) in [5, 5.41) is 6.88. The predicted octanol–water partition coefficient (Wildman–Crippen LogP) is 5.65. The zero-order valence-corrected chi connectivity index (χ0v) is 18.8. The highest BCUT2D eigenvalue weighted by Crippen LogP contribution is 2.25. The van der Waals surface area contributed by atoms with Crippen LogP contribution in [0.15, 0.2) is 83.9 Å². The van der Waals surface area contributed by atoms with Crippen molar-refractivity contribution in [2.75, 3.05) is 25.5 Å². The van der Waals surface area contributed by atoms with Gasteiger partial charge in [-0.1, -0.05) is 37.3 Å². The molecule has 0 aliphatic carbocycles. The zero-order chi connectivity index (χ0) is 22.2. The summed E-state index contributed by atoms with van der Waals surface area (Å²) in [6.45, 7) is 4.32. The molecule has 0 radical (unpaired) electrons. The van der Waals surface area contributed by atoms with Gasteiger partial charge in [-0.25, -0.2) is 4.99 Å². The van der Waals surface area contributed by atoms with Crippen molar-refractivity contribution in [3.05, 3.63) is 84.4 Å². The number of anilines is 1. The Kier molecular flexibility index (Phi) is 7.41. The van der Waals surface area contributed by atoms with E-state index >= 15 is 0 Å². The molecule has 2 N–H and O–H groups in total. The third-order valence-electron chi connectivity index (χ3n) is 5.79. The molecule has 5 nitrogen and oxygen atoms in total. The second-order valence-electron chi connectivity index (χ2n) is 7.99. The normalized spacial score (nSPS) is 17.1. The van der Waals surface area contributed by atoms with Crippen molar-refractivity contribution in [2.45, 2.75) is 25.9 Å². The highest BCUT2D eigenvalue weighted by atomic mass is 16.5. The average molecular weight is 430 g/mol. The number of amidine groups is 1. The van der Waals surface area contributed by atoms with Crippen LogP contribution in [0, 0.1) is 5.92 Å². The minimum Gasteiger partial charge on any atom is -0.497 e. The number of nitrogens with one attached hydrogen (secondary N) is 2. The van der Waals surface area contributed by atoms with Crippen LogP contribution in [0.4, 0.5) is 11.4 Å². The largest absolute Gasteiger partial charge is 0.497 e. The van der Waals surface area contributed by atoms with Crippen LogP contribution in [0.1, 0.15) is 25.3 Å². The molecular weight excluding hydrogens is 398 g/mol. The van der Waals surface area contributed by atoms with E-state index < -0.39 is 0 Å². The van der Waals surface area contributed by atoms with Crippen LogP contribution >= 0.6 is 0 Å². The first-order valence-corrected chi connectivity index (χ1v) is 11.3. The van der Waals surface area contributed by atoms with Gasteiger partial charge in [0.2, 0.25) is 0 Å². The Morgan fingerprint density at radius 3 is 2.34 bits per heavy atom. The Hall–Kier alpha value is -3.31. The van der Waals surface area contributed by atoms with Crippen molar-refractivity contribution in [1.82, 2.24) is 5.32 Å². The van der Waals surface area contributed by atoms with Crippen LogP contribution in [-0.4, -0.2) is 32.1 Å². The first kappa shape index (κ1) is 21.9. The number of aliphatic imine (C=N–C) groups is 1. The van der Waals surface area contributed by atoms with Gasteiger partial charge in [0.25, 0.3) is 0 Å². The van der Waals surface area contributed by atoms with Crippen LogP contribution in [0.5, 0.6) is 11.5 Å². The summed E-state index contributed by atoms with van der Waals surface area (Å²) in [6, 6.07) is 26.0. The monoisotopic (exact) mass is 429 g/mol. The van der Waals surface area contributed by atoms with Crippen LogP contribution in [0.25, 0.3) is 0 Å². The van der Waals surface area contributed by atoms with E-state index in [1.54, 1.807) is 7.11 Å². The van der Waals surface area contributed by atoms with E-state index in [1.165, 1.54) is 6.42 Å². The molecule has 0 aromatic heterocycles. The van der Waals surface area contributed by atoms with Crippen LogP contribution < -0.4 is 20.1 Å². The molecular formula is C27H31N3O2. The van der Waals surface area contributed by atoms with Crippen LogP contribution in [0.2, 0.25) is 0 Å². The molecule has 3 aromatic rings. The van der Waals surface area contributed by atoms with Crippen molar-refractivity contribution < 1.29 is 9.47 Å². The number of hydrogen-bond donors (Lipinski definition) is 2. The summed E-state index contributed by atoms with van der Waals surface area (Å²) in [5.41, 5.74) is 2.83. The molecule has 1 aliphatic rings. The maximum absolute atomic E-state index is 6.29. The number of rotatable bonds is 8. The van der Waals surface area contributed by atoms with Gasteiger partial charge in [0.05, 0.1) is 12.8 Å². The molecule has 1 saturated heterocycles. The molecule has 1 heterocycles. The quantitative estimate of drug-likeness (QED) is 0.359. The minimum absolute atomic E-state index is 0.246. The lowest BCUT2D eigenvalue weighted by molar-refractivity contribution is 0.138. The maximum Gasteiger partial charge on any atom is 0.138 e. The van der Waals surface area contributed by atoms with E-state index in [0.29, 0.717) is 5.92 Å². The molecule has 32 heavy (non-hydrogen) atoms. The Bertz CT molecular complexity index is 995. The van der Waals surface area contributed by atoms with E-state index in [4.69, 9.17) is 14.5 Å². The second kappa shape index (κ2) is 10.8. The molecule has 166 valence electrons. The summed E-state index contributed by atoms with van der Waals surface area (Å²) in [6.07, 6.45) is 2.44. The van der Waals surface area contributed by atoms with Crippen LogP contribution in [0.3, 0.4) is 0 Å². The molecule has 2 unspecified atom stereocenters. The van der Waals surface area contributed by atoms with Gasteiger partial charge in [0.1, 0.15) is 23.4 Å². The number of benzene rings is 3. The average Bonchev–Trinajstić information content (AvgIpc) is 3.39. The first-order chi connectivity index (χ1) is 15.7. The molecule has 3 aromatic carbocycles. The van der Waals surface area contributed by atoms with Gasteiger partial charge in [0.15, 0.2) is 0 Å². The van der Waals surface area contributed by atoms with Crippen molar-refractivity contribution in [1.29, 1.82) is 0 Å². The minimum atomic E-state index is 0.246. The fourth-order valence-corrected chi connectivity index (χ4v) is 3.98. The summed E-state index contributed by atoms with van der Waals surface area (Å²) < 4.78 is 11.6. The smallest absolute Gasteiger partial charge is 0.138 e. The molecule has 4 rings (SSSR count). The van der Waals surface area contributed by atoms with E-state index in [0.717, 1.165) is 53.8 Å². The van der Waals surface area contributed by atoms with E-state index in [1.807, 2.05) is 78.9 Å². The molecule has 0 amide bonds. The van der Waals surface area contributed by atoms with Crippen LogP contribution in [-0.2, 0) is 0 Å². The summed E-state index contributed by atoms with van der Waals surface area (Å²) >= 11 is 0. The number of nitrogens with zero attached hydrogens (tertiary/aromatic N) is 1. The van der Waals surface area contributed by atoms with E-state index in [-0.39, 0.29) is 6.10 Å². The van der Waals surface area contributed by atoms with Gasteiger partial charge in [-0.05, 0) is 67.9 Å². The molecule has 5 heteroatoms. The lowest BCUT2D eigenvalue weighted by atomic mass is 9.99. The van der Waals surface area contributed by atoms with Gasteiger partial charge in [-0.2, -0.15) is 0 Å². The number of methoxy groups -OCH3 is 1. The van der Waals surface area contributed by atoms with Gasteiger partial charge < -0.3 is 20.1 Å². The van der Waals surface area contributed by atoms with E-state index in [9.17, 15) is 0 Å². The fraction of sp³-hybridized carbons (Fsp3) is 0.296. The number of ether oxygens (including phenoxy) is 2. The van der Waals surface area contributed by atoms with Crippen molar-refractivity contribution in [3.8, 4) is 11.5 Å². The summed E-state index contributed by atoms with van der Waals surface area (Å²) in [7, 11) is 1.67. The second-order valence-corrected chi connectivity index (χ2v) is 7.99. The Labute approximate surface area is 190 Å². The predicted molar refractivity (Wildman–Crippen MR) is 131 cm³/mol. The molecule has 0 saturated carbocycles. The van der Waals surface area contributed by atoms with Crippen molar-refractivity contribution in [3.63, 3.8) is 0 Å². The van der Waals surface area contributed by atoms with E-state index in [2.05, 4.69) is 17.6 Å². The lowest BCUT2D eigenvalue weighted by Crippen LogP contribution is -2.28. The third kappa shape index (κ3) is 5.68. The molecule has 2 atom stereocenters. The van der Waals surface area contributed by atoms with Gasteiger partial charge in [-0.3, -0.25) is 0 Å². The van der Waals surface area contributed by atoms with Crippen molar-refractivity contribution in [2.24, 2.45) is 10.9 Å². The maximum atomic E-state index is 6.29. The van der Waals surface area contributed by atoms with Gasteiger partial charge in [0, 0.05) is 23.7 Å². The lowest BCUT2D eigenvalue weighted by Gasteiger charge is -2.23. The highest BCUT2D eigenvalue weighted by molar-refractivity contribution is 6.09. The zero-order valence-electron chi connectivity index (χ0n) is 18.8. The Morgan fingerprint density at radius 1 is 1.00 bits per heavy atom. The SMILES string of the molecule is CCC(Oc1ccc(N=C(Nc2ccc(OC)cc2)c2ccccc2)cc1)C1CCNC1. The molecule has 1 aliphatic heterocycles. The molecule has 1 fully saturated rings. The summed E-state index contributed by atoms with van der Waals surface area (Å²) in [4.78, 5) is 4.89. The first-order valence-electron chi connectivity index (χ1n) is 11.3. The standard InChI is InChI=1S/C27H31N3O2/c1-3-26(21-17-18-28-19-21)32-25-15-11-23(12-16-25)30-27(20-7-5-4-6-8-20)29-22-9-13-24(31-2)14-10-22/h4-16,21,26,28H,3,17-19H2,1-2H3,(H,29,30). The molecule has 0 bridgehead atoms. The Balaban J connectivity index is 1.52. The van der Waals surface area contributed by atoms with Gasteiger partial charge in [-0.15, -0.1) is 0 Å². The highest BCUT2D eigenvalue weighted by Gasteiger charge is 2.24. The third-order valence-corrected chi connectivity index (χ3v) is 5.79. The topological polar surface area (TPSA) is 54.9 Å².